The van der Waals surface area contributed by atoms with Crippen LogP contribution in [0.2, 0.25) is 0 Å². The van der Waals surface area contributed by atoms with Gasteiger partial charge in [0.2, 0.25) is 0 Å². The average Bonchev–Trinajstić information content (AvgIpc) is 2.74. The van der Waals surface area contributed by atoms with Crippen LogP contribution in [0.3, 0.4) is 0 Å². The molecule has 7 heteroatoms. The lowest BCUT2D eigenvalue weighted by Gasteiger charge is -2.11. The van der Waals surface area contributed by atoms with Crippen molar-refractivity contribution in [2.45, 2.75) is 0 Å². The van der Waals surface area contributed by atoms with Crippen LogP contribution in [-0.2, 0) is 4.79 Å². The van der Waals surface area contributed by atoms with Crippen molar-refractivity contribution < 1.29 is 14.5 Å². The van der Waals surface area contributed by atoms with Gasteiger partial charge in [-0.3, -0.25) is 19.7 Å². The van der Waals surface area contributed by atoms with E-state index in [0.717, 1.165) is 0 Å². The summed E-state index contributed by atoms with van der Waals surface area (Å²) in [5.74, 6) is -1.02. The zero-order valence-electron chi connectivity index (χ0n) is 15.2. The Hall–Kier alpha value is -4.26. The number of hydrogen-bond donors (Lipinski definition) is 2. The molecule has 0 bridgehead atoms. The molecule has 3 aromatic rings. The van der Waals surface area contributed by atoms with Gasteiger partial charge in [0.05, 0.1) is 4.92 Å². The van der Waals surface area contributed by atoms with E-state index in [0.29, 0.717) is 16.8 Å². The van der Waals surface area contributed by atoms with Crippen molar-refractivity contribution in [3.8, 4) is 0 Å². The van der Waals surface area contributed by atoms with Crippen LogP contribution >= 0.6 is 0 Å². The Morgan fingerprint density at radius 1 is 0.862 bits per heavy atom. The number of rotatable bonds is 6. The first kappa shape index (κ1) is 19.5. The predicted molar refractivity (Wildman–Crippen MR) is 110 cm³/mol. The molecule has 3 rings (SSSR count). The van der Waals surface area contributed by atoms with Gasteiger partial charge in [0.15, 0.2) is 0 Å². The number of anilines is 1. The van der Waals surface area contributed by atoms with E-state index in [1.54, 1.807) is 60.7 Å². The lowest BCUT2D eigenvalue weighted by Crippen LogP contribution is -2.30. The third-order valence-electron chi connectivity index (χ3n) is 3.95. The van der Waals surface area contributed by atoms with E-state index in [1.807, 2.05) is 6.07 Å². The summed E-state index contributed by atoms with van der Waals surface area (Å²) < 4.78 is 0. The Kier molecular flexibility index (Phi) is 6.12. The van der Waals surface area contributed by atoms with Gasteiger partial charge in [0, 0.05) is 23.4 Å². The van der Waals surface area contributed by atoms with Gasteiger partial charge in [0.25, 0.3) is 17.5 Å². The zero-order chi connectivity index (χ0) is 20.6. The first-order chi connectivity index (χ1) is 14.0. The number of non-ortho nitro benzene ring substituents is 1. The second-order valence-corrected chi connectivity index (χ2v) is 6.05. The first-order valence-electron chi connectivity index (χ1n) is 8.72. The maximum absolute atomic E-state index is 12.8. The Bertz CT molecular complexity index is 1060. The molecule has 0 aliphatic carbocycles. The molecule has 2 amide bonds. The Morgan fingerprint density at radius 3 is 2.17 bits per heavy atom. The van der Waals surface area contributed by atoms with Gasteiger partial charge in [-0.25, -0.2) is 0 Å². The van der Waals surface area contributed by atoms with Crippen LogP contribution < -0.4 is 10.6 Å². The fourth-order valence-electron chi connectivity index (χ4n) is 2.56. The van der Waals surface area contributed by atoms with Crippen molar-refractivity contribution in [2.24, 2.45) is 0 Å². The molecule has 0 aromatic heterocycles. The summed E-state index contributed by atoms with van der Waals surface area (Å²) in [6, 6.07) is 23.0. The molecule has 0 fully saturated rings. The fraction of sp³-hybridized carbons (Fsp3) is 0. The highest BCUT2D eigenvalue weighted by atomic mass is 16.6. The number of hydrogen-bond acceptors (Lipinski definition) is 4. The second kappa shape index (κ2) is 9.09. The summed E-state index contributed by atoms with van der Waals surface area (Å²) in [5.41, 5.74) is 1.19. The minimum absolute atomic E-state index is 0.0387. The summed E-state index contributed by atoms with van der Waals surface area (Å²) in [6.45, 7) is 0. The summed E-state index contributed by atoms with van der Waals surface area (Å²) in [5, 5.41) is 16.3. The van der Waals surface area contributed by atoms with Crippen molar-refractivity contribution in [1.82, 2.24) is 5.32 Å². The first-order valence-corrected chi connectivity index (χ1v) is 8.72. The molecule has 29 heavy (non-hydrogen) atoms. The molecule has 0 aliphatic heterocycles. The van der Waals surface area contributed by atoms with E-state index in [-0.39, 0.29) is 11.4 Å². The second-order valence-electron chi connectivity index (χ2n) is 6.05. The van der Waals surface area contributed by atoms with Gasteiger partial charge in [-0.1, -0.05) is 48.5 Å². The van der Waals surface area contributed by atoms with E-state index in [4.69, 9.17) is 0 Å². The normalized spacial score (nSPS) is 10.8. The number of nitro groups is 1. The maximum atomic E-state index is 12.8. The number of nitrogens with one attached hydrogen (secondary N) is 2. The Balaban J connectivity index is 1.92. The van der Waals surface area contributed by atoms with Crippen molar-refractivity contribution in [3.05, 3.63) is 112 Å². The van der Waals surface area contributed by atoms with E-state index < -0.39 is 16.7 Å². The molecule has 144 valence electrons. The molecule has 0 unspecified atom stereocenters. The number of para-hydroxylation sites is 1. The number of nitrogens with zero attached hydrogens (tertiary/aromatic N) is 1. The molecule has 0 spiro atoms. The van der Waals surface area contributed by atoms with Gasteiger partial charge in [-0.05, 0) is 35.9 Å². The van der Waals surface area contributed by atoms with Gasteiger partial charge >= 0.3 is 0 Å². The van der Waals surface area contributed by atoms with Crippen molar-refractivity contribution >= 4 is 29.3 Å². The molecule has 7 nitrogen and oxygen atoms in total. The van der Waals surface area contributed by atoms with Crippen LogP contribution in [0.1, 0.15) is 15.9 Å². The standard InChI is InChI=1S/C22H17N3O4/c26-21(17-9-3-1-4-10-17)24-20(22(27)23-18-11-5-2-6-12-18)15-16-8-7-13-19(14-16)25(28)29/h1-15H,(H,23,27)(H,24,26). The molecule has 0 radical (unpaired) electrons. The Labute approximate surface area is 166 Å². The highest BCUT2D eigenvalue weighted by Crippen LogP contribution is 2.16. The van der Waals surface area contributed by atoms with E-state index in [2.05, 4.69) is 10.6 Å². The lowest BCUT2D eigenvalue weighted by atomic mass is 10.1. The predicted octanol–water partition coefficient (Wildman–Crippen LogP) is 4.00. The maximum Gasteiger partial charge on any atom is 0.272 e. The lowest BCUT2D eigenvalue weighted by molar-refractivity contribution is -0.384. The van der Waals surface area contributed by atoms with Crippen LogP contribution in [0.5, 0.6) is 0 Å². The number of carbonyl (C=O) groups is 2. The topological polar surface area (TPSA) is 101 Å². The summed E-state index contributed by atoms with van der Waals surface area (Å²) in [4.78, 5) is 35.8. The minimum Gasteiger partial charge on any atom is -0.321 e. The number of carbonyl (C=O) groups excluding carboxylic acids is 2. The van der Waals surface area contributed by atoms with Crippen LogP contribution in [0.15, 0.2) is 90.6 Å². The molecule has 0 aliphatic rings. The molecule has 0 heterocycles. The molecule has 3 aromatic carbocycles. The average molecular weight is 387 g/mol. The molecule has 2 N–H and O–H groups in total. The zero-order valence-corrected chi connectivity index (χ0v) is 15.2. The number of nitro benzene ring substituents is 1. The van der Waals surface area contributed by atoms with Crippen LogP contribution in [0, 0.1) is 10.1 Å². The minimum atomic E-state index is -0.549. The molecule has 0 saturated carbocycles. The van der Waals surface area contributed by atoms with Crippen molar-refractivity contribution in [3.63, 3.8) is 0 Å². The largest absolute Gasteiger partial charge is 0.321 e. The molecule has 0 saturated heterocycles. The van der Waals surface area contributed by atoms with E-state index >= 15 is 0 Å². The van der Waals surface area contributed by atoms with Crippen molar-refractivity contribution in [1.29, 1.82) is 0 Å². The van der Waals surface area contributed by atoms with E-state index in [1.165, 1.54) is 24.3 Å². The monoisotopic (exact) mass is 387 g/mol. The Morgan fingerprint density at radius 2 is 1.52 bits per heavy atom. The van der Waals surface area contributed by atoms with Crippen LogP contribution in [0.25, 0.3) is 6.08 Å². The summed E-state index contributed by atoms with van der Waals surface area (Å²) >= 11 is 0. The van der Waals surface area contributed by atoms with Crippen LogP contribution in [0.4, 0.5) is 11.4 Å². The van der Waals surface area contributed by atoms with Gasteiger partial charge in [-0.15, -0.1) is 0 Å². The highest BCUT2D eigenvalue weighted by molar-refractivity contribution is 6.10. The van der Waals surface area contributed by atoms with Crippen molar-refractivity contribution in [2.75, 3.05) is 5.32 Å². The number of benzene rings is 3. The molecule has 0 atom stereocenters. The van der Waals surface area contributed by atoms with Gasteiger partial charge in [-0.2, -0.15) is 0 Å². The van der Waals surface area contributed by atoms with Gasteiger partial charge < -0.3 is 10.6 Å². The summed E-state index contributed by atoms with van der Waals surface area (Å²) in [7, 11) is 0. The highest BCUT2D eigenvalue weighted by Gasteiger charge is 2.15. The molecular formula is C22H17N3O4. The quantitative estimate of drug-likeness (QED) is 0.379. The SMILES string of the molecule is O=C(Nc1ccccc1)C(=Cc1cccc([N+](=O)[O-])c1)NC(=O)c1ccccc1. The number of amides is 2. The molecular weight excluding hydrogens is 370 g/mol. The van der Waals surface area contributed by atoms with Gasteiger partial charge in [0.1, 0.15) is 5.70 Å². The smallest absolute Gasteiger partial charge is 0.272 e. The fourth-order valence-corrected chi connectivity index (χ4v) is 2.56. The third-order valence-corrected chi connectivity index (χ3v) is 3.95. The third kappa shape index (κ3) is 5.36. The van der Waals surface area contributed by atoms with E-state index in [9.17, 15) is 19.7 Å². The van der Waals surface area contributed by atoms with Crippen LogP contribution in [-0.4, -0.2) is 16.7 Å². The summed E-state index contributed by atoms with van der Waals surface area (Å²) in [6.07, 6.45) is 1.39.